The third kappa shape index (κ3) is 2.32. The van der Waals surface area contributed by atoms with Gasteiger partial charge in [0, 0.05) is 0 Å². The highest BCUT2D eigenvalue weighted by atomic mass is 16.4. The van der Waals surface area contributed by atoms with Gasteiger partial charge < -0.3 is 5.11 Å². The Labute approximate surface area is 52.0 Å². The smallest absolute Gasteiger partial charge is 0.355 e. The minimum absolute atomic E-state index is 0.530. The molecular weight excluding hydrogens is 120 g/mol. The van der Waals surface area contributed by atoms with Crippen LogP contribution in [0.15, 0.2) is 5.57 Å². The summed E-state index contributed by atoms with van der Waals surface area (Å²) in [6, 6.07) is 0. The van der Waals surface area contributed by atoms with Crippen molar-refractivity contribution < 1.29 is 14.7 Å². The lowest BCUT2D eigenvalue weighted by atomic mass is 10.3. The van der Waals surface area contributed by atoms with E-state index in [1.165, 1.54) is 12.9 Å². The van der Waals surface area contributed by atoms with Gasteiger partial charge in [-0.1, -0.05) is 0 Å². The molecule has 0 saturated heterocycles. The SMILES string of the molecule is CC#CC(=C=O)C(=O)O. The standard InChI is InChI=1S/C6H4O3/c1-2-3-5(4-7)6(8)9/h1H3,(H,8,9). The molecule has 0 aromatic rings. The van der Waals surface area contributed by atoms with Crippen LogP contribution in [0.25, 0.3) is 0 Å². The van der Waals surface area contributed by atoms with Crippen LogP contribution in [0.2, 0.25) is 0 Å². The first kappa shape index (κ1) is 7.48. The van der Waals surface area contributed by atoms with Gasteiger partial charge in [0.15, 0.2) is 5.57 Å². The number of carboxylic acids is 1. The third-order valence-electron chi connectivity index (χ3n) is 0.566. The molecule has 46 valence electrons. The Morgan fingerprint density at radius 3 is 2.22 bits per heavy atom. The monoisotopic (exact) mass is 124 g/mol. The number of hydrogen-bond donors (Lipinski definition) is 1. The van der Waals surface area contributed by atoms with Gasteiger partial charge in [-0.2, -0.15) is 0 Å². The number of hydrogen-bond acceptors (Lipinski definition) is 2. The van der Waals surface area contributed by atoms with Crippen molar-refractivity contribution in [3.05, 3.63) is 5.57 Å². The minimum atomic E-state index is -1.33. The Kier molecular flexibility index (Phi) is 2.89. The number of rotatable bonds is 1. The van der Waals surface area contributed by atoms with Crippen molar-refractivity contribution in [3.63, 3.8) is 0 Å². The predicted octanol–water partition coefficient (Wildman–Crippen LogP) is -0.148. The molecule has 9 heavy (non-hydrogen) atoms. The Balaban J connectivity index is 4.52. The van der Waals surface area contributed by atoms with Crippen molar-refractivity contribution in [1.82, 2.24) is 0 Å². The van der Waals surface area contributed by atoms with Gasteiger partial charge in [0.25, 0.3) is 0 Å². The van der Waals surface area contributed by atoms with Crippen molar-refractivity contribution in [3.8, 4) is 11.8 Å². The molecular formula is C6H4O3. The maximum Gasteiger partial charge on any atom is 0.355 e. The first-order valence-corrected chi connectivity index (χ1v) is 2.13. The van der Waals surface area contributed by atoms with Gasteiger partial charge in [-0.05, 0) is 12.8 Å². The lowest BCUT2D eigenvalue weighted by molar-refractivity contribution is -0.132. The molecule has 0 saturated carbocycles. The summed E-state index contributed by atoms with van der Waals surface area (Å²) in [7, 11) is 0. The average Bonchev–Trinajstić information content (AvgIpc) is 1.82. The fourth-order valence-electron chi connectivity index (χ4n) is 0.248. The molecule has 0 aliphatic heterocycles. The van der Waals surface area contributed by atoms with E-state index in [0.29, 0.717) is 0 Å². The van der Waals surface area contributed by atoms with E-state index < -0.39 is 11.5 Å². The summed E-state index contributed by atoms with van der Waals surface area (Å²) in [6.07, 6.45) is 0. The zero-order chi connectivity index (χ0) is 7.28. The van der Waals surface area contributed by atoms with E-state index in [1.807, 2.05) is 0 Å². The van der Waals surface area contributed by atoms with Gasteiger partial charge in [0.05, 0.1) is 0 Å². The summed E-state index contributed by atoms with van der Waals surface area (Å²) < 4.78 is 0. The normalized spacial score (nSPS) is 6.33. The summed E-state index contributed by atoms with van der Waals surface area (Å²) in [4.78, 5) is 19.6. The van der Waals surface area contributed by atoms with Crippen molar-refractivity contribution in [1.29, 1.82) is 0 Å². The lowest BCUT2D eigenvalue weighted by Crippen LogP contribution is -1.97. The highest BCUT2D eigenvalue weighted by Gasteiger charge is 2.01. The van der Waals surface area contributed by atoms with Crippen LogP contribution in [0.1, 0.15) is 6.92 Å². The molecule has 0 radical (unpaired) electrons. The molecule has 0 aromatic carbocycles. The number of carbonyl (C=O) groups excluding carboxylic acids is 1. The molecule has 0 fully saturated rings. The van der Waals surface area contributed by atoms with Crippen molar-refractivity contribution in [2.45, 2.75) is 6.92 Å². The van der Waals surface area contributed by atoms with Crippen LogP contribution in [0.4, 0.5) is 0 Å². The summed E-state index contributed by atoms with van der Waals surface area (Å²) in [6.45, 7) is 1.44. The van der Waals surface area contributed by atoms with E-state index >= 15 is 0 Å². The first-order chi connectivity index (χ1) is 4.22. The summed E-state index contributed by atoms with van der Waals surface area (Å²) in [5, 5.41) is 8.10. The van der Waals surface area contributed by atoms with Crippen LogP contribution in [-0.2, 0) is 9.59 Å². The minimum Gasteiger partial charge on any atom is -0.477 e. The Hall–Kier alpha value is -1.52. The van der Waals surface area contributed by atoms with E-state index in [9.17, 15) is 9.59 Å². The Morgan fingerprint density at radius 1 is 1.56 bits per heavy atom. The van der Waals surface area contributed by atoms with E-state index in [1.54, 1.807) is 0 Å². The van der Waals surface area contributed by atoms with Crippen molar-refractivity contribution in [2.24, 2.45) is 0 Å². The van der Waals surface area contributed by atoms with Crippen LogP contribution in [0.3, 0.4) is 0 Å². The quantitative estimate of drug-likeness (QED) is 0.300. The first-order valence-electron chi connectivity index (χ1n) is 2.13. The van der Waals surface area contributed by atoms with Gasteiger partial charge >= 0.3 is 5.97 Å². The van der Waals surface area contributed by atoms with Crippen LogP contribution in [0, 0.1) is 11.8 Å². The molecule has 0 spiro atoms. The Morgan fingerprint density at radius 2 is 2.11 bits per heavy atom. The molecule has 0 rings (SSSR count). The Bertz CT molecular complexity index is 222. The molecule has 0 heterocycles. The molecule has 1 N–H and O–H groups in total. The summed E-state index contributed by atoms with van der Waals surface area (Å²) in [5.74, 6) is 4.21. The predicted molar refractivity (Wildman–Crippen MR) is 30.3 cm³/mol. The van der Waals surface area contributed by atoms with Gasteiger partial charge in [-0.15, -0.1) is 5.92 Å². The number of carbonyl (C=O) groups is 1. The molecule has 3 heteroatoms. The fraction of sp³-hybridized carbons (Fsp3) is 0.167. The molecule has 0 unspecified atom stereocenters. The van der Waals surface area contributed by atoms with E-state index in [-0.39, 0.29) is 0 Å². The third-order valence-corrected chi connectivity index (χ3v) is 0.566. The van der Waals surface area contributed by atoms with Crippen molar-refractivity contribution in [2.75, 3.05) is 0 Å². The van der Waals surface area contributed by atoms with Gasteiger partial charge in [0.1, 0.15) is 5.94 Å². The number of aliphatic carboxylic acids is 1. The molecule has 3 nitrogen and oxygen atoms in total. The second kappa shape index (κ2) is 3.48. The zero-order valence-electron chi connectivity index (χ0n) is 4.76. The molecule has 0 aliphatic carbocycles. The highest BCUT2D eigenvalue weighted by Crippen LogP contribution is 1.82. The second-order valence-electron chi connectivity index (χ2n) is 1.16. The lowest BCUT2D eigenvalue weighted by Gasteiger charge is -1.78. The molecule has 0 amide bonds. The second-order valence-corrected chi connectivity index (χ2v) is 1.16. The summed E-state index contributed by atoms with van der Waals surface area (Å²) in [5.41, 5.74) is -0.530. The van der Waals surface area contributed by atoms with Crippen LogP contribution < -0.4 is 0 Å². The molecule has 0 atom stereocenters. The number of carboxylic acid groups (broad SMARTS) is 1. The molecule has 0 aromatic heterocycles. The summed E-state index contributed by atoms with van der Waals surface area (Å²) >= 11 is 0. The maximum atomic E-state index is 9.92. The van der Waals surface area contributed by atoms with Gasteiger partial charge in [-0.3, -0.25) is 0 Å². The topological polar surface area (TPSA) is 54.4 Å². The molecule has 0 aliphatic rings. The van der Waals surface area contributed by atoms with Crippen LogP contribution in [-0.4, -0.2) is 17.0 Å². The van der Waals surface area contributed by atoms with E-state index in [4.69, 9.17) is 5.11 Å². The van der Waals surface area contributed by atoms with Crippen LogP contribution in [0.5, 0.6) is 0 Å². The van der Waals surface area contributed by atoms with E-state index in [0.717, 1.165) is 0 Å². The maximum absolute atomic E-state index is 9.92. The van der Waals surface area contributed by atoms with Gasteiger partial charge in [-0.25, -0.2) is 9.59 Å². The van der Waals surface area contributed by atoms with E-state index in [2.05, 4.69) is 11.8 Å². The average molecular weight is 124 g/mol. The fourth-order valence-corrected chi connectivity index (χ4v) is 0.248. The molecule has 0 bridgehead atoms. The highest BCUT2D eigenvalue weighted by molar-refractivity contribution is 6.00. The van der Waals surface area contributed by atoms with Gasteiger partial charge in [0.2, 0.25) is 0 Å². The largest absolute Gasteiger partial charge is 0.477 e. The van der Waals surface area contributed by atoms with Crippen molar-refractivity contribution >= 4 is 11.9 Å². The van der Waals surface area contributed by atoms with Crippen LogP contribution >= 0.6 is 0 Å². The zero-order valence-corrected chi connectivity index (χ0v) is 4.76.